The second kappa shape index (κ2) is 45.0. The summed E-state index contributed by atoms with van der Waals surface area (Å²) in [4.78, 5) is 34.9. The molecule has 0 aliphatic carbocycles. The molecule has 2 unspecified atom stereocenters. The first-order chi connectivity index (χ1) is 28.3. The highest BCUT2D eigenvalue weighted by Gasteiger charge is 2.26. The molecule has 0 heterocycles. The Hall–Kier alpha value is -1.51. The van der Waals surface area contributed by atoms with Gasteiger partial charge >= 0.3 is 19.8 Å². The number of phosphoric ester groups is 1. The van der Waals surface area contributed by atoms with Gasteiger partial charge in [0.25, 0.3) is 0 Å². The molecule has 0 aromatic carbocycles. The number of rotatable bonds is 46. The highest BCUT2D eigenvalue weighted by molar-refractivity contribution is 7.47. The molecule has 0 aromatic heterocycles. The minimum absolute atomic E-state index is 0.0537. The highest BCUT2D eigenvalue weighted by Crippen LogP contribution is 2.43. The van der Waals surface area contributed by atoms with Crippen LogP contribution in [0.3, 0.4) is 0 Å². The average molecular weight is 842 g/mol. The fourth-order valence-corrected chi connectivity index (χ4v) is 7.68. The van der Waals surface area contributed by atoms with Crippen LogP contribution < -0.4 is 5.73 Å². The summed E-state index contributed by atoms with van der Waals surface area (Å²) in [5.41, 5.74) is 5.35. The van der Waals surface area contributed by atoms with Crippen LogP contribution in [0.4, 0.5) is 0 Å². The van der Waals surface area contributed by atoms with Crippen LogP contribution in [0.15, 0.2) is 24.3 Å². The maximum Gasteiger partial charge on any atom is 0.472 e. The van der Waals surface area contributed by atoms with E-state index < -0.39 is 26.5 Å². The van der Waals surface area contributed by atoms with E-state index >= 15 is 0 Å². The lowest BCUT2D eigenvalue weighted by Gasteiger charge is -2.19. The topological polar surface area (TPSA) is 134 Å². The van der Waals surface area contributed by atoms with Crippen LogP contribution in [0.2, 0.25) is 0 Å². The summed E-state index contributed by atoms with van der Waals surface area (Å²) >= 11 is 0. The number of carbonyl (C=O) groups is 2. The van der Waals surface area contributed by atoms with Gasteiger partial charge in [-0.1, -0.05) is 186 Å². The van der Waals surface area contributed by atoms with Crippen molar-refractivity contribution in [3.8, 4) is 0 Å². The van der Waals surface area contributed by atoms with Crippen LogP contribution in [0.1, 0.15) is 239 Å². The molecule has 0 aliphatic heterocycles. The molecule has 0 fully saturated rings. The first kappa shape index (κ1) is 56.5. The standard InChI is InChI=1S/C48H92NO8P/c1-3-5-7-9-11-13-15-17-18-19-20-21-22-23-24-25-26-27-28-29-31-33-35-37-39-41-48(51)57-46(45-56-58(52,53)55-43-42-49)44-54-47(50)40-38-36-34-32-30-16-14-12-10-8-6-4-2/h12,14,19-20,46H,3-11,13,15-18,21-45,49H2,1-2H3,(H,52,53)/b14-12-,20-19-. The SMILES string of the molecule is CCCCC/C=C\CCCCCCCC(=O)OCC(COP(=O)(O)OCCN)OC(=O)CCCCCCCCCCCCCCC/C=C\CCCCCCCCCC. The monoisotopic (exact) mass is 842 g/mol. The largest absolute Gasteiger partial charge is 0.472 e. The third-order valence-electron chi connectivity index (χ3n) is 10.6. The van der Waals surface area contributed by atoms with E-state index in [0.29, 0.717) is 6.42 Å². The Labute approximate surface area is 357 Å². The Morgan fingerprint density at radius 1 is 0.500 bits per heavy atom. The first-order valence-electron chi connectivity index (χ1n) is 24.3. The van der Waals surface area contributed by atoms with Crippen LogP contribution >= 0.6 is 7.82 Å². The number of hydrogen-bond donors (Lipinski definition) is 2. The number of ether oxygens (including phenoxy) is 2. The van der Waals surface area contributed by atoms with Crippen LogP contribution in [-0.2, 0) is 32.7 Å². The summed E-state index contributed by atoms with van der Waals surface area (Å²) < 4.78 is 32.8. The van der Waals surface area contributed by atoms with Gasteiger partial charge in [0, 0.05) is 19.4 Å². The van der Waals surface area contributed by atoms with Crippen molar-refractivity contribution in [2.75, 3.05) is 26.4 Å². The van der Waals surface area contributed by atoms with Gasteiger partial charge in [-0.2, -0.15) is 0 Å². The Balaban J connectivity index is 3.98. The molecule has 342 valence electrons. The van der Waals surface area contributed by atoms with Crippen molar-refractivity contribution >= 4 is 19.8 Å². The molecule has 0 saturated carbocycles. The number of unbranched alkanes of at least 4 members (excludes halogenated alkanes) is 29. The van der Waals surface area contributed by atoms with E-state index in [2.05, 4.69) is 38.2 Å². The molecule has 0 amide bonds. The fourth-order valence-electron chi connectivity index (χ4n) is 6.92. The number of phosphoric acid groups is 1. The first-order valence-corrected chi connectivity index (χ1v) is 25.8. The van der Waals surface area contributed by atoms with Crippen molar-refractivity contribution in [1.82, 2.24) is 0 Å². The lowest BCUT2D eigenvalue weighted by molar-refractivity contribution is -0.161. The van der Waals surface area contributed by atoms with Gasteiger partial charge in [-0.15, -0.1) is 0 Å². The molecule has 58 heavy (non-hydrogen) atoms. The van der Waals surface area contributed by atoms with Gasteiger partial charge < -0.3 is 20.1 Å². The van der Waals surface area contributed by atoms with Crippen LogP contribution in [-0.4, -0.2) is 49.3 Å². The Morgan fingerprint density at radius 2 is 0.845 bits per heavy atom. The Bertz CT molecular complexity index is 1010. The van der Waals surface area contributed by atoms with Crippen LogP contribution in [0.25, 0.3) is 0 Å². The van der Waals surface area contributed by atoms with Crippen molar-refractivity contribution in [1.29, 1.82) is 0 Å². The zero-order valence-electron chi connectivity index (χ0n) is 37.8. The van der Waals surface area contributed by atoms with Gasteiger partial charge in [-0.25, -0.2) is 4.57 Å². The maximum absolute atomic E-state index is 12.6. The third-order valence-corrected chi connectivity index (χ3v) is 11.5. The maximum atomic E-state index is 12.6. The second-order valence-electron chi connectivity index (χ2n) is 16.3. The van der Waals surface area contributed by atoms with E-state index in [9.17, 15) is 19.0 Å². The van der Waals surface area contributed by atoms with Crippen molar-refractivity contribution in [2.45, 2.75) is 245 Å². The van der Waals surface area contributed by atoms with Crippen molar-refractivity contribution in [3.05, 3.63) is 24.3 Å². The van der Waals surface area contributed by atoms with Gasteiger partial charge in [-0.3, -0.25) is 18.6 Å². The van der Waals surface area contributed by atoms with Gasteiger partial charge in [-0.05, 0) is 64.2 Å². The third kappa shape index (κ3) is 44.1. The molecule has 0 aliphatic rings. The fraction of sp³-hybridized carbons (Fsp3) is 0.875. The van der Waals surface area contributed by atoms with Crippen molar-refractivity contribution < 1.29 is 37.6 Å². The Morgan fingerprint density at radius 3 is 1.26 bits per heavy atom. The predicted molar refractivity (Wildman–Crippen MR) is 243 cm³/mol. The molecule has 0 aromatic rings. The van der Waals surface area contributed by atoms with E-state index in [1.807, 2.05) is 0 Å². The highest BCUT2D eigenvalue weighted by atomic mass is 31.2. The number of allylic oxidation sites excluding steroid dienone is 4. The van der Waals surface area contributed by atoms with Crippen LogP contribution in [0, 0.1) is 0 Å². The molecule has 0 saturated heterocycles. The summed E-state index contributed by atoms with van der Waals surface area (Å²) in [6, 6.07) is 0. The number of esters is 2. The second-order valence-corrected chi connectivity index (χ2v) is 17.8. The zero-order valence-corrected chi connectivity index (χ0v) is 38.7. The summed E-state index contributed by atoms with van der Waals surface area (Å²) in [5.74, 6) is -0.831. The van der Waals surface area contributed by atoms with E-state index in [0.717, 1.165) is 51.4 Å². The summed E-state index contributed by atoms with van der Waals surface area (Å²) in [6.07, 6.45) is 49.4. The van der Waals surface area contributed by atoms with Crippen LogP contribution in [0.5, 0.6) is 0 Å². The van der Waals surface area contributed by atoms with E-state index in [4.69, 9.17) is 24.3 Å². The molecule has 0 bridgehead atoms. The summed E-state index contributed by atoms with van der Waals surface area (Å²) in [6.45, 7) is 3.72. The number of nitrogens with two attached hydrogens (primary N) is 1. The lowest BCUT2D eigenvalue weighted by atomic mass is 10.0. The molecule has 0 spiro atoms. The minimum atomic E-state index is -4.38. The molecule has 0 radical (unpaired) electrons. The number of hydrogen-bond acceptors (Lipinski definition) is 8. The predicted octanol–water partition coefficient (Wildman–Crippen LogP) is 14.3. The van der Waals surface area contributed by atoms with E-state index in [1.165, 1.54) is 154 Å². The van der Waals surface area contributed by atoms with Crippen molar-refractivity contribution in [2.24, 2.45) is 5.73 Å². The quantitative estimate of drug-likeness (QED) is 0.0266. The van der Waals surface area contributed by atoms with E-state index in [-0.39, 0.29) is 38.6 Å². The Kier molecular flexibility index (Phi) is 43.9. The lowest BCUT2D eigenvalue weighted by Crippen LogP contribution is -2.29. The molecule has 2 atom stereocenters. The van der Waals surface area contributed by atoms with E-state index in [1.54, 1.807) is 0 Å². The molecule has 10 heteroatoms. The summed E-state index contributed by atoms with van der Waals surface area (Å²) in [5, 5.41) is 0. The smallest absolute Gasteiger partial charge is 0.462 e. The molecule has 3 N–H and O–H groups in total. The van der Waals surface area contributed by atoms with Gasteiger partial charge in [0.2, 0.25) is 0 Å². The van der Waals surface area contributed by atoms with Crippen molar-refractivity contribution in [3.63, 3.8) is 0 Å². The molecular formula is C48H92NO8P. The normalized spacial score (nSPS) is 13.4. The molecular weight excluding hydrogens is 750 g/mol. The van der Waals surface area contributed by atoms with Gasteiger partial charge in [0.05, 0.1) is 13.2 Å². The zero-order chi connectivity index (χ0) is 42.5. The average Bonchev–Trinajstić information content (AvgIpc) is 3.21. The molecule has 0 rings (SSSR count). The van der Waals surface area contributed by atoms with Gasteiger partial charge in [0.15, 0.2) is 6.10 Å². The van der Waals surface area contributed by atoms with Gasteiger partial charge in [0.1, 0.15) is 6.61 Å². The minimum Gasteiger partial charge on any atom is -0.462 e. The summed E-state index contributed by atoms with van der Waals surface area (Å²) in [7, 11) is -4.38. The molecule has 9 nitrogen and oxygen atoms in total. The number of carbonyl (C=O) groups excluding carboxylic acids is 2.